The number of nitrogens with one attached hydrogen (secondary N) is 2. The van der Waals surface area contributed by atoms with Crippen molar-refractivity contribution in [1.82, 2.24) is 9.97 Å². The number of aryl methyl sites for hydroxylation is 1. The van der Waals surface area contributed by atoms with E-state index < -0.39 is 10.5 Å². The number of hydrogen-bond acceptors (Lipinski definition) is 7. The number of nitro groups is 1. The fraction of sp³-hybridized carbons (Fsp3) is 0.692. The van der Waals surface area contributed by atoms with Crippen molar-refractivity contribution in [1.29, 1.82) is 0 Å². The summed E-state index contributed by atoms with van der Waals surface area (Å²) in [6.45, 7) is 4.24. The Kier molecular flexibility index (Phi) is 4.56. The molecule has 0 aromatic carbocycles. The van der Waals surface area contributed by atoms with Crippen LogP contribution in [0.3, 0.4) is 0 Å². The number of hydrogen-bond donors (Lipinski definition) is 3. The van der Waals surface area contributed by atoms with E-state index >= 15 is 0 Å². The minimum atomic E-state index is -0.492. The second-order valence-corrected chi connectivity index (χ2v) is 5.43. The van der Waals surface area contributed by atoms with Crippen LogP contribution in [0.2, 0.25) is 0 Å². The predicted molar refractivity (Wildman–Crippen MR) is 79.5 cm³/mol. The van der Waals surface area contributed by atoms with E-state index in [2.05, 4.69) is 20.6 Å². The SMILES string of the molecule is CCCNc1nc(C)c([N+](=O)[O-])c(NC2(CO)CCC2)n1. The molecule has 1 saturated carbocycles. The molecule has 0 aliphatic heterocycles. The molecule has 1 aromatic rings. The average Bonchev–Trinajstić information content (AvgIpc) is 2.39. The molecule has 0 saturated heterocycles. The van der Waals surface area contributed by atoms with Gasteiger partial charge in [-0.1, -0.05) is 6.92 Å². The molecule has 2 rings (SSSR count). The van der Waals surface area contributed by atoms with Crippen LogP contribution in [0.4, 0.5) is 17.5 Å². The predicted octanol–water partition coefficient (Wildman–Crippen LogP) is 1.84. The van der Waals surface area contributed by atoms with E-state index in [-0.39, 0.29) is 18.1 Å². The molecule has 0 spiro atoms. The van der Waals surface area contributed by atoms with E-state index in [1.165, 1.54) is 0 Å². The zero-order valence-electron chi connectivity index (χ0n) is 12.3. The maximum absolute atomic E-state index is 11.3. The van der Waals surface area contributed by atoms with Gasteiger partial charge in [-0.25, -0.2) is 4.98 Å². The Labute approximate surface area is 123 Å². The van der Waals surface area contributed by atoms with Gasteiger partial charge in [0.1, 0.15) is 5.69 Å². The molecule has 0 unspecified atom stereocenters. The molecule has 0 bridgehead atoms. The van der Waals surface area contributed by atoms with Gasteiger partial charge in [0.05, 0.1) is 17.1 Å². The molecule has 0 amide bonds. The number of aliphatic hydroxyl groups excluding tert-OH is 1. The van der Waals surface area contributed by atoms with Crippen LogP contribution in [0.15, 0.2) is 0 Å². The molecule has 116 valence electrons. The van der Waals surface area contributed by atoms with Crippen LogP contribution >= 0.6 is 0 Å². The van der Waals surface area contributed by atoms with Crippen molar-refractivity contribution in [3.05, 3.63) is 15.8 Å². The summed E-state index contributed by atoms with van der Waals surface area (Å²) in [5, 5.41) is 26.9. The summed E-state index contributed by atoms with van der Waals surface area (Å²) in [5.74, 6) is 0.551. The summed E-state index contributed by atoms with van der Waals surface area (Å²) < 4.78 is 0. The molecule has 1 aliphatic carbocycles. The molecule has 8 heteroatoms. The zero-order chi connectivity index (χ0) is 15.5. The van der Waals surface area contributed by atoms with Crippen LogP contribution in [0.5, 0.6) is 0 Å². The largest absolute Gasteiger partial charge is 0.394 e. The first-order valence-corrected chi connectivity index (χ1v) is 7.17. The molecule has 0 atom stereocenters. The van der Waals surface area contributed by atoms with Crippen molar-refractivity contribution >= 4 is 17.5 Å². The third kappa shape index (κ3) is 3.21. The Balaban J connectivity index is 2.35. The lowest BCUT2D eigenvalue weighted by Gasteiger charge is -2.41. The number of rotatable bonds is 7. The second kappa shape index (κ2) is 6.21. The van der Waals surface area contributed by atoms with Gasteiger partial charge in [-0.05, 0) is 32.6 Å². The quantitative estimate of drug-likeness (QED) is 0.519. The highest BCUT2D eigenvalue weighted by atomic mass is 16.6. The zero-order valence-corrected chi connectivity index (χ0v) is 12.3. The highest BCUT2D eigenvalue weighted by Crippen LogP contribution is 2.37. The average molecular weight is 295 g/mol. The van der Waals surface area contributed by atoms with Crippen molar-refractivity contribution < 1.29 is 10.0 Å². The first-order chi connectivity index (χ1) is 10.0. The Bertz CT molecular complexity index is 525. The molecule has 1 fully saturated rings. The van der Waals surface area contributed by atoms with Crippen LogP contribution in [-0.2, 0) is 0 Å². The molecule has 3 N–H and O–H groups in total. The molecular weight excluding hydrogens is 274 g/mol. The monoisotopic (exact) mass is 295 g/mol. The molecule has 1 heterocycles. The van der Waals surface area contributed by atoms with Gasteiger partial charge < -0.3 is 15.7 Å². The summed E-state index contributed by atoms with van der Waals surface area (Å²) in [7, 11) is 0. The normalized spacial score (nSPS) is 16.1. The first kappa shape index (κ1) is 15.4. The molecule has 8 nitrogen and oxygen atoms in total. The fourth-order valence-electron chi connectivity index (χ4n) is 2.37. The van der Waals surface area contributed by atoms with Gasteiger partial charge in [-0.2, -0.15) is 4.98 Å². The summed E-state index contributed by atoms with van der Waals surface area (Å²) in [6.07, 6.45) is 3.46. The van der Waals surface area contributed by atoms with Gasteiger partial charge in [-0.15, -0.1) is 0 Å². The van der Waals surface area contributed by atoms with Crippen molar-refractivity contribution in [2.45, 2.75) is 45.1 Å². The van der Waals surface area contributed by atoms with Crippen molar-refractivity contribution in [2.75, 3.05) is 23.8 Å². The fourth-order valence-corrected chi connectivity index (χ4v) is 2.37. The summed E-state index contributed by atoms with van der Waals surface area (Å²) >= 11 is 0. The Morgan fingerprint density at radius 2 is 2.14 bits per heavy atom. The molecule has 0 radical (unpaired) electrons. The van der Waals surface area contributed by atoms with Gasteiger partial charge in [-0.3, -0.25) is 10.1 Å². The third-order valence-electron chi connectivity index (χ3n) is 3.77. The number of nitrogens with zero attached hydrogens (tertiary/aromatic N) is 3. The lowest BCUT2D eigenvalue weighted by Crippen LogP contribution is -2.48. The van der Waals surface area contributed by atoms with Crippen LogP contribution < -0.4 is 10.6 Å². The van der Waals surface area contributed by atoms with E-state index in [1.54, 1.807) is 6.92 Å². The lowest BCUT2D eigenvalue weighted by molar-refractivity contribution is -0.385. The van der Waals surface area contributed by atoms with Crippen LogP contribution in [0, 0.1) is 17.0 Å². The highest BCUT2D eigenvalue weighted by molar-refractivity contribution is 5.62. The van der Waals surface area contributed by atoms with Gasteiger partial charge >= 0.3 is 5.69 Å². The van der Waals surface area contributed by atoms with Crippen LogP contribution in [-0.4, -0.2) is 38.7 Å². The maximum atomic E-state index is 11.3. The third-order valence-corrected chi connectivity index (χ3v) is 3.77. The Morgan fingerprint density at radius 1 is 1.43 bits per heavy atom. The van der Waals surface area contributed by atoms with E-state index in [1.807, 2.05) is 6.92 Å². The molecule has 21 heavy (non-hydrogen) atoms. The first-order valence-electron chi connectivity index (χ1n) is 7.17. The summed E-state index contributed by atoms with van der Waals surface area (Å²) in [4.78, 5) is 19.1. The lowest BCUT2D eigenvalue weighted by atomic mass is 9.77. The van der Waals surface area contributed by atoms with Crippen molar-refractivity contribution in [2.24, 2.45) is 0 Å². The molecule has 1 aliphatic rings. The van der Waals surface area contributed by atoms with Gasteiger partial charge in [0.2, 0.25) is 11.8 Å². The Hall–Kier alpha value is -1.96. The summed E-state index contributed by atoms with van der Waals surface area (Å²) in [6, 6.07) is 0. The number of aromatic nitrogens is 2. The topological polar surface area (TPSA) is 113 Å². The van der Waals surface area contributed by atoms with Gasteiger partial charge in [0.15, 0.2) is 0 Å². The summed E-state index contributed by atoms with van der Waals surface area (Å²) in [5.41, 5.74) is -0.312. The van der Waals surface area contributed by atoms with Crippen LogP contribution in [0.1, 0.15) is 38.3 Å². The van der Waals surface area contributed by atoms with E-state index in [0.717, 1.165) is 25.7 Å². The Morgan fingerprint density at radius 3 is 2.62 bits per heavy atom. The van der Waals surface area contributed by atoms with Crippen molar-refractivity contribution in [3.8, 4) is 0 Å². The van der Waals surface area contributed by atoms with E-state index in [4.69, 9.17) is 0 Å². The smallest absolute Gasteiger partial charge is 0.332 e. The van der Waals surface area contributed by atoms with Crippen molar-refractivity contribution in [3.63, 3.8) is 0 Å². The standard InChI is InChI=1S/C13H21N5O3/c1-3-7-14-12-15-9(2)10(18(20)21)11(16-12)17-13(8-19)5-4-6-13/h19H,3-8H2,1-2H3,(H2,14,15,16,17). The van der Waals surface area contributed by atoms with Gasteiger partial charge in [0, 0.05) is 6.54 Å². The number of aliphatic hydroxyl groups is 1. The molecule has 1 aromatic heterocycles. The number of anilines is 2. The maximum Gasteiger partial charge on any atom is 0.332 e. The minimum Gasteiger partial charge on any atom is -0.394 e. The van der Waals surface area contributed by atoms with Crippen LogP contribution in [0.25, 0.3) is 0 Å². The van der Waals surface area contributed by atoms with Gasteiger partial charge in [0.25, 0.3) is 0 Å². The van der Waals surface area contributed by atoms with E-state index in [0.29, 0.717) is 18.2 Å². The molecular formula is C13H21N5O3. The second-order valence-electron chi connectivity index (χ2n) is 5.43. The highest BCUT2D eigenvalue weighted by Gasteiger charge is 2.39. The van der Waals surface area contributed by atoms with E-state index in [9.17, 15) is 15.2 Å². The minimum absolute atomic E-state index is 0.0646.